The Labute approximate surface area is 151 Å². The van der Waals surface area contributed by atoms with E-state index in [0.29, 0.717) is 18.2 Å². The highest BCUT2D eigenvalue weighted by Crippen LogP contribution is 2.45. The fourth-order valence-electron chi connectivity index (χ4n) is 4.35. The third-order valence-electron chi connectivity index (χ3n) is 5.62. The number of furan rings is 1. The molecule has 6 nitrogen and oxygen atoms in total. The second kappa shape index (κ2) is 6.36. The molecule has 1 aromatic heterocycles. The summed E-state index contributed by atoms with van der Waals surface area (Å²) < 4.78 is 22.1. The molecule has 0 aliphatic carbocycles. The summed E-state index contributed by atoms with van der Waals surface area (Å²) >= 11 is 0. The number of carbonyl (C=O) groups is 1. The van der Waals surface area contributed by atoms with Crippen molar-refractivity contribution in [3.8, 4) is 11.5 Å². The molecule has 1 fully saturated rings. The van der Waals surface area contributed by atoms with Gasteiger partial charge in [-0.1, -0.05) is 0 Å². The van der Waals surface area contributed by atoms with Crippen molar-refractivity contribution in [1.82, 2.24) is 4.90 Å². The molecular weight excluding hydrogens is 334 g/mol. The Morgan fingerprint density at radius 1 is 1.12 bits per heavy atom. The summed E-state index contributed by atoms with van der Waals surface area (Å²) in [6, 6.07) is 7.65. The molecule has 3 aliphatic rings. The van der Waals surface area contributed by atoms with Crippen LogP contribution in [0.3, 0.4) is 0 Å². The van der Waals surface area contributed by atoms with E-state index < -0.39 is 0 Å². The Kier molecular flexibility index (Phi) is 3.85. The van der Waals surface area contributed by atoms with Crippen LogP contribution in [0.1, 0.15) is 40.6 Å². The normalized spacial score (nSPS) is 22.3. The molecule has 1 amide bonds. The van der Waals surface area contributed by atoms with Crippen LogP contribution in [-0.4, -0.2) is 37.4 Å². The first-order chi connectivity index (χ1) is 12.8. The summed E-state index contributed by atoms with van der Waals surface area (Å²) in [6.07, 6.45) is 4.24. The van der Waals surface area contributed by atoms with Crippen molar-refractivity contribution < 1.29 is 23.4 Å². The number of rotatable bonds is 2. The molecule has 26 heavy (non-hydrogen) atoms. The maximum absolute atomic E-state index is 13.1. The minimum absolute atomic E-state index is 0.00903. The minimum Gasteiger partial charge on any atom is -0.459 e. The summed E-state index contributed by atoms with van der Waals surface area (Å²) in [5.41, 5.74) is 2.42. The first kappa shape index (κ1) is 15.8. The van der Waals surface area contributed by atoms with Crippen LogP contribution in [0.2, 0.25) is 0 Å². The number of nitrogens with zero attached hydrogens (tertiary/aromatic N) is 1. The zero-order valence-electron chi connectivity index (χ0n) is 14.5. The summed E-state index contributed by atoms with van der Waals surface area (Å²) in [6.45, 7) is 2.41. The lowest BCUT2D eigenvalue weighted by Gasteiger charge is -2.42. The van der Waals surface area contributed by atoms with Gasteiger partial charge in [-0.15, -0.1) is 0 Å². The maximum atomic E-state index is 13.1. The molecule has 0 unspecified atom stereocenters. The van der Waals surface area contributed by atoms with E-state index in [2.05, 4.69) is 12.1 Å². The van der Waals surface area contributed by atoms with Crippen molar-refractivity contribution in [2.24, 2.45) is 5.92 Å². The molecule has 1 aromatic carbocycles. The molecule has 0 bridgehead atoms. The van der Waals surface area contributed by atoms with Crippen LogP contribution in [0.4, 0.5) is 0 Å². The molecule has 5 rings (SSSR count). The third kappa shape index (κ3) is 2.56. The summed E-state index contributed by atoms with van der Waals surface area (Å²) in [7, 11) is 0. The van der Waals surface area contributed by atoms with Crippen LogP contribution in [0, 0.1) is 5.92 Å². The van der Waals surface area contributed by atoms with Gasteiger partial charge in [0.1, 0.15) is 0 Å². The van der Waals surface area contributed by atoms with Gasteiger partial charge in [0.25, 0.3) is 5.91 Å². The van der Waals surface area contributed by atoms with E-state index in [1.54, 1.807) is 18.4 Å². The molecule has 4 heterocycles. The molecular formula is C20H21NO5. The Bertz CT molecular complexity index is 810. The summed E-state index contributed by atoms with van der Waals surface area (Å²) in [4.78, 5) is 15.1. The number of carbonyl (C=O) groups excluding carboxylic acids is 1. The van der Waals surface area contributed by atoms with Crippen molar-refractivity contribution >= 4 is 5.91 Å². The third-order valence-corrected chi connectivity index (χ3v) is 5.62. The number of benzene rings is 1. The van der Waals surface area contributed by atoms with Crippen LogP contribution in [0.15, 0.2) is 34.9 Å². The molecule has 6 heteroatoms. The van der Waals surface area contributed by atoms with Gasteiger partial charge in [0.15, 0.2) is 17.3 Å². The first-order valence-corrected chi connectivity index (χ1v) is 9.16. The molecule has 136 valence electrons. The lowest BCUT2D eigenvalue weighted by atomic mass is 9.80. The molecule has 2 aromatic rings. The van der Waals surface area contributed by atoms with Gasteiger partial charge in [-0.25, -0.2) is 0 Å². The first-order valence-electron chi connectivity index (χ1n) is 9.16. The highest BCUT2D eigenvalue weighted by atomic mass is 16.7. The van der Waals surface area contributed by atoms with Gasteiger partial charge in [0, 0.05) is 19.8 Å². The molecule has 0 radical (unpaired) electrons. The predicted molar refractivity (Wildman–Crippen MR) is 92.3 cm³/mol. The van der Waals surface area contributed by atoms with E-state index in [-0.39, 0.29) is 18.7 Å². The van der Waals surface area contributed by atoms with E-state index in [1.165, 1.54) is 11.1 Å². The van der Waals surface area contributed by atoms with Crippen LogP contribution in [0.25, 0.3) is 0 Å². The van der Waals surface area contributed by atoms with Gasteiger partial charge < -0.3 is 23.5 Å². The SMILES string of the molecule is O=C(c1ccco1)N1CCc2cc3c(cc2[C@@H]1C1CCOCC1)OCO3. The maximum Gasteiger partial charge on any atom is 0.290 e. The number of hydrogen-bond acceptors (Lipinski definition) is 5. The van der Waals surface area contributed by atoms with Gasteiger partial charge in [-0.2, -0.15) is 0 Å². The van der Waals surface area contributed by atoms with Crippen molar-refractivity contribution in [3.63, 3.8) is 0 Å². The Morgan fingerprint density at radius 3 is 2.69 bits per heavy atom. The molecule has 0 spiro atoms. The van der Waals surface area contributed by atoms with Crippen LogP contribution in [-0.2, 0) is 11.2 Å². The van der Waals surface area contributed by atoms with Gasteiger partial charge in [-0.3, -0.25) is 4.79 Å². The average Bonchev–Trinajstić information content (AvgIpc) is 3.37. The monoisotopic (exact) mass is 355 g/mol. The quantitative estimate of drug-likeness (QED) is 0.828. The van der Waals surface area contributed by atoms with Crippen LogP contribution >= 0.6 is 0 Å². The highest BCUT2D eigenvalue weighted by Gasteiger charge is 2.39. The molecule has 3 aliphatic heterocycles. The Balaban J connectivity index is 1.56. The highest BCUT2D eigenvalue weighted by molar-refractivity contribution is 5.92. The minimum atomic E-state index is -0.0465. The van der Waals surface area contributed by atoms with E-state index in [1.807, 2.05) is 4.90 Å². The fraction of sp³-hybridized carbons (Fsp3) is 0.450. The van der Waals surface area contributed by atoms with Crippen molar-refractivity contribution in [2.75, 3.05) is 26.6 Å². The van der Waals surface area contributed by atoms with E-state index in [9.17, 15) is 4.79 Å². The summed E-state index contributed by atoms with van der Waals surface area (Å²) in [5.74, 6) is 2.29. The number of ether oxygens (including phenoxy) is 3. The van der Waals surface area contributed by atoms with Crippen LogP contribution in [0.5, 0.6) is 11.5 Å². The van der Waals surface area contributed by atoms with E-state index in [4.69, 9.17) is 18.6 Å². The zero-order valence-corrected chi connectivity index (χ0v) is 14.5. The zero-order chi connectivity index (χ0) is 17.5. The average molecular weight is 355 g/mol. The van der Waals surface area contributed by atoms with Gasteiger partial charge >= 0.3 is 0 Å². The lowest BCUT2D eigenvalue weighted by molar-refractivity contribution is 0.0183. The Morgan fingerprint density at radius 2 is 1.92 bits per heavy atom. The number of hydrogen-bond donors (Lipinski definition) is 0. The van der Waals surface area contributed by atoms with E-state index >= 15 is 0 Å². The largest absolute Gasteiger partial charge is 0.459 e. The fourth-order valence-corrected chi connectivity index (χ4v) is 4.35. The smallest absolute Gasteiger partial charge is 0.290 e. The standard InChI is InChI=1S/C20H21NO5/c22-20(16-2-1-7-24-16)21-6-3-14-10-17-18(26-12-25-17)11-15(14)19(21)13-4-8-23-9-5-13/h1-2,7,10-11,13,19H,3-6,8-9,12H2/t19-/m0/s1. The van der Waals surface area contributed by atoms with Crippen molar-refractivity contribution in [3.05, 3.63) is 47.4 Å². The molecule has 1 saturated heterocycles. The number of fused-ring (bicyclic) bond motifs is 2. The molecule has 0 saturated carbocycles. The van der Waals surface area contributed by atoms with Gasteiger partial charge in [0.05, 0.1) is 12.3 Å². The molecule has 1 atom stereocenters. The Hall–Kier alpha value is -2.47. The summed E-state index contributed by atoms with van der Waals surface area (Å²) in [5, 5.41) is 0. The topological polar surface area (TPSA) is 61.1 Å². The van der Waals surface area contributed by atoms with Crippen LogP contribution < -0.4 is 9.47 Å². The second-order valence-electron chi connectivity index (χ2n) is 7.02. The predicted octanol–water partition coefficient (Wildman–Crippen LogP) is 3.17. The van der Waals surface area contributed by atoms with E-state index in [0.717, 1.165) is 44.0 Å². The van der Waals surface area contributed by atoms with Gasteiger partial charge in [0.2, 0.25) is 6.79 Å². The van der Waals surface area contributed by atoms with Crippen molar-refractivity contribution in [2.45, 2.75) is 25.3 Å². The van der Waals surface area contributed by atoms with Gasteiger partial charge in [-0.05, 0) is 60.6 Å². The lowest BCUT2D eigenvalue weighted by Crippen LogP contribution is -2.44. The van der Waals surface area contributed by atoms with Crippen molar-refractivity contribution in [1.29, 1.82) is 0 Å². The second-order valence-corrected chi connectivity index (χ2v) is 7.02. The number of amides is 1. The molecule has 0 N–H and O–H groups in total.